The van der Waals surface area contributed by atoms with Gasteiger partial charge in [-0.2, -0.15) is 0 Å². The van der Waals surface area contributed by atoms with Crippen molar-refractivity contribution < 1.29 is 9.34 Å². The predicted octanol–water partition coefficient (Wildman–Crippen LogP) is 5.26. The molecule has 2 fully saturated rings. The number of nitrogens with zero attached hydrogens (tertiary/aromatic N) is 1. The Labute approximate surface area is 174 Å². The van der Waals surface area contributed by atoms with Crippen molar-refractivity contribution in [1.82, 2.24) is 4.98 Å². The smallest absolute Gasteiger partial charge is 0.305 e. The van der Waals surface area contributed by atoms with Crippen molar-refractivity contribution in [1.29, 1.82) is 0 Å². The monoisotopic (exact) mass is 426 g/mol. The maximum Gasteiger partial charge on any atom is 0.305 e. The van der Waals surface area contributed by atoms with Gasteiger partial charge in [0.05, 0.1) is 20.7 Å². The van der Waals surface area contributed by atoms with E-state index in [0.717, 1.165) is 27.1 Å². The minimum Gasteiger partial charge on any atom is -0.460 e. The first-order chi connectivity index (χ1) is 14.1. The molecule has 1 aromatic carbocycles. The van der Waals surface area contributed by atoms with Crippen LogP contribution >= 0.6 is 23.1 Å². The minimum atomic E-state index is -0.401. The summed E-state index contributed by atoms with van der Waals surface area (Å²) in [4.78, 5) is 26.8. The van der Waals surface area contributed by atoms with E-state index in [0.29, 0.717) is 22.8 Å². The Kier molecular flexibility index (Phi) is 3.83. The first-order valence-corrected chi connectivity index (χ1v) is 11.5. The van der Waals surface area contributed by atoms with Crippen LogP contribution in [-0.4, -0.2) is 15.2 Å². The van der Waals surface area contributed by atoms with Crippen molar-refractivity contribution in [2.24, 2.45) is 17.8 Å². The molecule has 5 unspecified atom stereocenters. The molecule has 0 saturated heterocycles. The van der Waals surface area contributed by atoms with Gasteiger partial charge in [0.15, 0.2) is 0 Å². The van der Waals surface area contributed by atoms with E-state index < -0.39 is 4.92 Å². The fourth-order valence-corrected chi connectivity index (χ4v) is 8.46. The fourth-order valence-electron chi connectivity index (χ4n) is 5.59. The average Bonchev–Trinajstić information content (AvgIpc) is 3.49. The highest BCUT2D eigenvalue weighted by atomic mass is 32.2. The van der Waals surface area contributed by atoms with E-state index in [1.165, 1.54) is 42.7 Å². The number of fused-ring (bicyclic) bond motifs is 6. The highest BCUT2D eigenvalue weighted by molar-refractivity contribution is 8.00. The molecule has 6 rings (SSSR count). The van der Waals surface area contributed by atoms with Gasteiger partial charge in [-0.15, -0.1) is 11.8 Å². The number of aromatic amines is 1. The van der Waals surface area contributed by atoms with E-state index in [1.54, 1.807) is 12.1 Å². The molecule has 1 aliphatic heterocycles. The zero-order chi connectivity index (χ0) is 19.7. The Morgan fingerprint density at radius 3 is 2.69 bits per heavy atom. The van der Waals surface area contributed by atoms with Crippen LogP contribution in [0.3, 0.4) is 0 Å². The van der Waals surface area contributed by atoms with Crippen LogP contribution in [0.2, 0.25) is 0 Å². The number of rotatable bonds is 3. The molecule has 0 radical (unpaired) electrons. The minimum absolute atomic E-state index is 0.00182. The number of thiazole rings is 1. The molecule has 148 valence electrons. The number of aromatic nitrogens is 1. The van der Waals surface area contributed by atoms with Crippen LogP contribution in [0.1, 0.15) is 35.8 Å². The van der Waals surface area contributed by atoms with Crippen LogP contribution in [0.5, 0.6) is 0 Å². The van der Waals surface area contributed by atoms with Crippen molar-refractivity contribution in [3.63, 3.8) is 0 Å². The zero-order valence-corrected chi connectivity index (χ0v) is 17.0. The number of nitro benzene ring substituents is 1. The molecule has 2 saturated carbocycles. The van der Waals surface area contributed by atoms with E-state index in [4.69, 9.17) is 4.42 Å². The molecule has 0 spiro atoms. The molecule has 3 aliphatic rings. The second-order valence-corrected chi connectivity index (χ2v) is 10.4. The number of hydrogen-bond donors (Lipinski definition) is 1. The Morgan fingerprint density at radius 1 is 1.10 bits per heavy atom. The highest BCUT2D eigenvalue weighted by Gasteiger charge is 2.55. The van der Waals surface area contributed by atoms with E-state index in [2.05, 4.69) is 4.98 Å². The molecule has 3 heterocycles. The molecular weight excluding hydrogens is 408 g/mol. The van der Waals surface area contributed by atoms with Gasteiger partial charge in [0.1, 0.15) is 11.5 Å². The van der Waals surface area contributed by atoms with Gasteiger partial charge in [-0.1, -0.05) is 11.3 Å². The summed E-state index contributed by atoms with van der Waals surface area (Å²) in [6, 6.07) is 10.4. The second kappa shape index (κ2) is 6.34. The fraction of sp³-hybridized carbons (Fsp3) is 0.381. The van der Waals surface area contributed by atoms with Crippen LogP contribution < -0.4 is 4.87 Å². The maximum atomic E-state index is 12.1. The first-order valence-electron chi connectivity index (χ1n) is 9.82. The molecule has 1 N–H and O–H groups in total. The van der Waals surface area contributed by atoms with Crippen molar-refractivity contribution in [2.75, 3.05) is 0 Å². The molecule has 2 aromatic heterocycles. The van der Waals surface area contributed by atoms with Gasteiger partial charge in [0.25, 0.3) is 5.69 Å². The number of nitrogens with one attached hydrogen (secondary N) is 1. The maximum absolute atomic E-state index is 12.1. The van der Waals surface area contributed by atoms with Gasteiger partial charge in [-0.3, -0.25) is 14.9 Å². The van der Waals surface area contributed by atoms with Gasteiger partial charge < -0.3 is 9.40 Å². The van der Waals surface area contributed by atoms with E-state index in [1.807, 2.05) is 23.9 Å². The summed E-state index contributed by atoms with van der Waals surface area (Å²) in [6.45, 7) is 0. The Morgan fingerprint density at radius 2 is 1.90 bits per heavy atom. The quantitative estimate of drug-likeness (QED) is 0.456. The van der Waals surface area contributed by atoms with Crippen LogP contribution in [0.25, 0.3) is 11.3 Å². The number of H-pyrrole nitrogens is 1. The third kappa shape index (κ3) is 2.65. The summed E-state index contributed by atoms with van der Waals surface area (Å²) in [7, 11) is 0. The number of nitro groups is 1. The molecule has 5 atom stereocenters. The molecular formula is C21H18N2O4S2. The Bertz CT molecular complexity index is 1160. The number of hydrogen-bond acceptors (Lipinski definition) is 6. The summed E-state index contributed by atoms with van der Waals surface area (Å²) < 4.78 is 6.30. The van der Waals surface area contributed by atoms with Crippen molar-refractivity contribution in [3.8, 4) is 11.3 Å². The summed E-state index contributed by atoms with van der Waals surface area (Å²) in [5, 5.41) is 12.5. The lowest BCUT2D eigenvalue weighted by molar-refractivity contribution is -0.384. The summed E-state index contributed by atoms with van der Waals surface area (Å²) >= 11 is 3.18. The first kappa shape index (κ1) is 17.5. The van der Waals surface area contributed by atoms with E-state index >= 15 is 0 Å². The lowest BCUT2D eigenvalue weighted by Gasteiger charge is -2.38. The topological polar surface area (TPSA) is 89.1 Å². The van der Waals surface area contributed by atoms with Crippen LogP contribution in [0, 0.1) is 27.9 Å². The SMILES string of the molecule is O=c1[nH]c2c(s1)C(c1ccc(-c3ccc([N+](=O)[O-])cc3)o1)C1C3CCC(C3)C1S2. The Hall–Kier alpha value is -2.32. The number of benzene rings is 1. The van der Waals surface area contributed by atoms with Gasteiger partial charge in [0, 0.05) is 22.9 Å². The molecule has 8 heteroatoms. The number of non-ortho nitro benzene ring substituents is 1. The standard InChI is InChI=1S/C21H18N2O4S2/c24-21-22-20-19(29-21)17(16-11-1-2-12(9-11)18(16)28-20)15-8-7-14(27-15)10-3-5-13(6-4-10)23(25)26/h3-8,11-12,16-18H,1-2,9H2,(H,22,24). The number of thioether (sulfide) groups is 1. The van der Waals surface area contributed by atoms with Gasteiger partial charge >= 0.3 is 4.87 Å². The van der Waals surface area contributed by atoms with Crippen molar-refractivity contribution in [3.05, 3.63) is 66.8 Å². The number of furan rings is 1. The summed E-state index contributed by atoms with van der Waals surface area (Å²) in [5.74, 6) is 3.66. The van der Waals surface area contributed by atoms with Crippen LogP contribution in [-0.2, 0) is 0 Å². The summed E-state index contributed by atoms with van der Waals surface area (Å²) in [5.41, 5.74) is 0.885. The third-order valence-electron chi connectivity index (χ3n) is 6.76. The molecule has 2 bridgehead atoms. The average molecular weight is 427 g/mol. The van der Waals surface area contributed by atoms with Gasteiger partial charge in [-0.25, -0.2) is 0 Å². The lowest BCUT2D eigenvalue weighted by Crippen LogP contribution is -2.33. The Balaban J connectivity index is 1.41. The molecule has 29 heavy (non-hydrogen) atoms. The van der Waals surface area contributed by atoms with Crippen LogP contribution in [0.4, 0.5) is 5.69 Å². The van der Waals surface area contributed by atoms with E-state index in [9.17, 15) is 14.9 Å². The highest BCUT2D eigenvalue weighted by Crippen LogP contribution is 2.63. The summed E-state index contributed by atoms with van der Waals surface area (Å²) in [6.07, 6.45) is 3.85. The normalized spacial score (nSPS) is 29.6. The predicted molar refractivity (Wildman–Crippen MR) is 112 cm³/mol. The van der Waals surface area contributed by atoms with E-state index in [-0.39, 0.29) is 16.5 Å². The van der Waals surface area contributed by atoms with Gasteiger partial charge in [0.2, 0.25) is 0 Å². The van der Waals surface area contributed by atoms with Gasteiger partial charge in [-0.05, 0) is 61.3 Å². The molecule has 3 aromatic rings. The molecule has 0 amide bonds. The van der Waals surface area contributed by atoms with Crippen molar-refractivity contribution in [2.45, 2.75) is 35.5 Å². The van der Waals surface area contributed by atoms with Crippen LogP contribution in [0.15, 0.2) is 50.6 Å². The molecule has 2 aliphatic carbocycles. The largest absolute Gasteiger partial charge is 0.460 e. The zero-order valence-electron chi connectivity index (χ0n) is 15.4. The third-order valence-corrected chi connectivity index (χ3v) is 9.38. The lowest BCUT2D eigenvalue weighted by atomic mass is 9.77. The van der Waals surface area contributed by atoms with Crippen molar-refractivity contribution >= 4 is 28.8 Å². The second-order valence-electron chi connectivity index (χ2n) is 8.18. The molecule has 6 nitrogen and oxygen atoms in total.